The van der Waals surface area contributed by atoms with E-state index in [9.17, 15) is 4.79 Å². The lowest BCUT2D eigenvalue weighted by Gasteiger charge is -2.25. The van der Waals surface area contributed by atoms with Gasteiger partial charge in [-0.05, 0) is 32.1 Å². The lowest BCUT2D eigenvalue weighted by Crippen LogP contribution is -2.36. The van der Waals surface area contributed by atoms with Crippen LogP contribution in [0.4, 0.5) is 0 Å². The molecule has 1 aromatic rings. The summed E-state index contributed by atoms with van der Waals surface area (Å²) in [7, 11) is 0. The molecule has 0 N–H and O–H groups in total. The topological polar surface area (TPSA) is 42.7 Å². The second kappa shape index (κ2) is 4.53. The minimum atomic E-state index is -0.280. The molecule has 0 aliphatic carbocycles. The number of furan rings is 1. The molecule has 2 rings (SSSR count). The quantitative estimate of drug-likeness (QED) is 0.780. The summed E-state index contributed by atoms with van der Waals surface area (Å²) < 4.78 is 10.8. The molecule has 1 aliphatic rings. The van der Waals surface area contributed by atoms with Crippen molar-refractivity contribution in [2.45, 2.75) is 32.7 Å². The van der Waals surface area contributed by atoms with Crippen LogP contribution in [0, 0.1) is 0 Å². The van der Waals surface area contributed by atoms with E-state index in [1.165, 1.54) is 6.08 Å². The van der Waals surface area contributed by atoms with Crippen molar-refractivity contribution in [2.24, 2.45) is 0 Å². The van der Waals surface area contributed by atoms with Gasteiger partial charge < -0.3 is 14.1 Å². The average Bonchev–Trinajstić information content (AvgIpc) is 2.82. The van der Waals surface area contributed by atoms with Crippen molar-refractivity contribution in [1.29, 1.82) is 0 Å². The van der Waals surface area contributed by atoms with Crippen LogP contribution >= 0.6 is 0 Å². The molecule has 0 aromatic carbocycles. The van der Waals surface area contributed by atoms with E-state index in [1.807, 2.05) is 26.0 Å². The molecule has 1 amide bonds. The van der Waals surface area contributed by atoms with Crippen LogP contribution in [-0.4, -0.2) is 23.1 Å². The number of ether oxygens (including phenoxy) is 1. The van der Waals surface area contributed by atoms with E-state index in [0.717, 1.165) is 5.76 Å². The zero-order valence-electron chi connectivity index (χ0n) is 9.42. The maximum Gasteiger partial charge on any atom is 0.249 e. The molecule has 1 atom stereocenters. The summed E-state index contributed by atoms with van der Waals surface area (Å²) in [5.41, 5.74) is 0. The smallest absolute Gasteiger partial charge is 0.249 e. The summed E-state index contributed by atoms with van der Waals surface area (Å²) in [6.45, 7) is 4.33. The summed E-state index contributed by atoms with van der Waals surface area (Å²) >= 11 is 0. The predicted octanol–water partition coefficient (Wildman–Crippen LogP) is 1.93. The first kappa shape index (κ1) is 11.0. The molecule has 16 heavy (non-hydrogen) atoms. The van der Waals surface area contributed by atoms with E-state index in [2.05, 4.69) is 0 Å². The SMILES string of the molecule is CC(C)O[C@@H]1C=CC(=O)N1Cc1ccco1. The Morgan fingerprint density at radius 2 is 2.38 bits per heavy atom. The van der Waals surface area contributed by atoms with Crippen molar-refractivity contribution in [3.63, 3.8) is 0 Å². The summed E-state index contributed by atoms with van der Waals surface area (Å²) in [6, 6.07) is 3.65. The van der Waals surface area contributed by atoms with Crippen molar-refractivity contribution >= 4 is 5.91 Å². The Bertz CT molecular complexity index is 381. The zero-order chi connectivity index (χ0) is 11.5. The Hall–Kier alpha value is -1.55. The lowest BCUT2D eigenvalue weighted by molar-refractivity contribution is -0.138. The van der Waals surface area contributed by atoms with E-state index < -0.39 is 0 Å². The first-order valence-electron chi connectivity index (χ1n) is 5.33. The van der Waals surface area contributed by atoms with Gasteiger partial charge in [-0.25, -0.2) is 0 Å². The molecular formula is C12H15NO3. The molecule has 1 aliphatic heterocycles. The molecule has 0 saturated carbocycles. The van der Waals surface area contributed by atoms with Crippen LogP contribution in [0.15, 0.2) is 35.0 Å². The van der Waals surface area contributed by atoms with Gasteiger partial charge in [-0.15, -0.1) is 0 Å². The van der Waals surface area contributed by atoms with Crippen LogP contribution in [-0.2, 0) is 16.1 Å². The van der Waals surface area contributed by atoms with Crippen LogP contribution in [0.25, 0.3) is 0 Å². The van der Waals surface area contributed by atoms with Crippen molar-refractivity contribution in [3.8, 4) is 0 Å². The van der Waals surface area contributed by atoms with E-state index in [-0.39, 0.29) is 18.2 Å². The van der Waals surface area contributed by atoms with Gasteiger partial charge in [0.15, 0.2) is 6.23 Å². The van der Waals surface area contributed by atoms with Crippen LogP contribution in [0.3, 0.4) is 0 Å². The number of carbonyl (C=O) groups is 1. The van der Waals surface area contributed by atoms with Crippen molar-refractivity contribution < 1.29 is 13.9 Å². The van der Waals surface area contributed by atoms with Crippen molar-refractivity contribution in [1.82, 2.24) is 4.90 Å². The van der Waals surface area contributed by atoms with Gasteiger partial charge in [0.05, 0.1) is 18.9 Å². The van der Waals surface area contributed by atoms with Crippen LogP contribution in [0.2, 0.25) is 0 Å². The van der Waals surface area contributed by atoms with Gasteiger partial charge in [0.2, 0.25) is 5.91 Å². The zero-order valence-corrected chi connectivity index (χ0v) is 9.42. The second-order valence-corrected chi connectivity index (χ2v) is 3.98. The van der Waals surface area contributed by atoms with Gasteiger partial charge in [0.25, 0.3) is 0 Å². The van der Waals surface area contributed by atoms with Gasteiger partial charge >= 0.3 is 0 Å². The van der Waals surface area contributed by atoms with Crippen LogP contribution in [0.5, 0.6) is 0 Å². The third kappa shape index (κ3) is 2.33. The minimum absolute atomic E-state index is 0.0398. The van der Waals surface area contributed by atoms with E-state index in [4.69, 9.17) is 9.15 Å². The number of rotatable bonds is 4. The van der Waals surface area contributed by atoms with Crippen molar-refractivity contribution in [2.75, 3.05) is 0 Å². The maximum absolute atomic E-state index is 11.6. The van der Waals surface area contributed by atoms with Gasteiger partial charge in [0.1, 0.15) is 5.76 Å². The summed E-state index contributed by atoms with van der Waals surface area (Å²) in [4.78, 5) is 13.2. The highest BCUT2D eigenvalue weighted by Crippen LogP contribution is 2.18. The highest BCUT2D eigenvalue weighted by Gasteiger charge is 2.27. The molecule has 4 nitrogen and oxygen atoms in total. The number of carbonyl (C=O) groups excluding carboxylic acids is 1. The molecule has 0 radical (unpaired) electrons. The molecule has 0 spiro atoms. The van der Waals surface area contributed by atoms with E-state index in [0.29, 0.717) is 6.54 Å². The van der Waals surface area contributed by atoms with Crippen LogP contribution in [0.1, 0.15) is 19.6 Å². The monoisotopic (exact) mass is 221 g/mol. The Balaban J connectivity index is 2.03. The Kier molecular flexibility index (Phi) is 3.10. The van der Waals surface area contributed by atoms with Gasteiger partial charge in [-0.1, -0.05) is 0 Å². The Labute approximate surface area is 94.5 Å². The predicted molar refractivity (Wildman–Crippen MR) is 58.4 cm³/mol. The number of amides is 1. The Morgan fingerprint density at radius 3 is 3.00 bits per heavy atom. The molecular weight excluding hydrogens is 206 g/mol. The molecule has 86 valence electrons. The fourth-order valence-corrected chi connectivity index (χ4v) is 1.63. The molecule has 0 unspecified atom stereocenters. The normalized spacial score (nSPS) is 20.1. The molecule has 0 bridgehead atoms. The number of hydrogen-bond acceptors (Lipinski definition) is 3. The highest BCUT2D eigenvalue weighted by molar-refractivity contribution is 5.90. The summed E-state index contributed by atoms with van der Waals surface area (Å²) in [5.74, 6) is 0.719. The maximum atomic E-state index is 11.6. The summed E-state index contributed by atoms with van der Waals surface area (Å²) in [5, 5.41) is 0. The first-order valence-corrected chi connectivity index (χ1v) is 5.33. The molecule has 1 aromatic heterocycles. The minimum Gasteiger partial charge on any atom is -0.467 e. The Morgan fingerprint density at radius 1 is 1.56 bits per heavy atom. The number of nitrogens with zero attached hydrogens (tertiary/aromatic N) is 1. The summed E-state index contributed by atoms with van der Waals surface area (Å²) in [6.07, 6.45) is 4.71. The second-order valence-electron chi connectivity index (χ2n) is 3.98. The van der Waals surface area contributed by atoms with E-state index >= 15 is 0 Å². The van der Waals surface area contributed by atoms with E-state index in [1.54, 1.807) is 17.2 Å². The van der Waals surface area contributed by atoms with Gasteiger partial charge in [-0.2, -0.15) is 0 Å². The third-order valence-electron chi connectivity index (χ3n) is 2.31. The molecule has 0 saturated heterocycles. The van der Waals surface area contributed by atoms with Gasteiger partial charge in [0, 0.05) is 6.08 Å². The number of hydrogen-bond donors (Lipinski definition) is 0. The standard InChI is InChI=1S/C12H15NO3/c1-9(2)16-12-6-5-11(14)13(12)8-10-4-3-7-15-10/h3-7,9,12H,8H2,1-2H3/t12-/m1/s1. The highest BCUT2D eigenvalue weighted by atomic mass is 16.5. The van der Waals surface area contributed by atoms with Crippen molar-refractivity contribution in [3.05, 3.63) is 36.3 Å². The lowest BCUT2D eigenvalue weighted by atomic mass is 10.4. The molecule has 4 heteroatoms. The molecule has 2 heterocycles. The first-order chi connectivity index (χ1) is 7.66. The fourth-order valence-electron chi connectivity index (χ4n) is 1.63. The van der Waals surface area contributed by atoms with Crippen LogP contribution < -0.4 is 0 Å². The molecule has 0 fully saturated rings. The fraction of sp³-hybridized carbons (Fsp3) is 0.417. The van der Waals surface area contributed by atoms with Gasteiger partial charge in [-0.3, -0.25) is 4.79 Å². The largest absolute Gasteiger partial charge is 0.467 e. The third-order valence-corrected chi connectivity index (χ3v) is 2.31. The average molecular weight is 221 g/mol.